The number of aliphatic hydroxyl groups is 1. The molecule has 1 aliphatic heterocycles. The maximum absolute atomic E-state index is 12.3. The maximum atomic E-state index is 12.3. The summed E-state index contributed by atoms with van der Waals surface area (Å²) in [5, 5.41) is 10.4. The predicted molar refractivity (Wildman–Crippen MR) is 71.2 cm³/mol. The zero-order valence-electron chi connectivity index (χ0n) is 12.3. The summed E-state index contributed by atoms with van der Waals surface area (Å²) in [5.41, 5.74) is -1.61. The van der Waals surface area contributed by atoms with Crippen molar-refractivity contribution in [2.24, 2.45) is 0 Å². The normalized spacial score (nSPS) is 29.2. The lowest BCUT2D eigenvalue weighted by molar-refractivity contribution is -0.135. The SMILES string of the molecule is CCCC1CCCC(C)(O)N1C(=O)OC(C)(C)C. The van der Waals surface area contributed by atoms with Gasteiger partial charge < -0.3 is 9.84 Å². The second-order valence-corrected chi connectivity index (χ2v) is 6.40. The number of nitrogens with zero attached hydrogens (tertiary/aromatic N) is 1. The van der Waals surface area contributed by atoms with Gasteiger partial charge >= 0.3 is 6.09 Å². The Bertz CT molecular complexity index is 292. The van der Waals surface area contributed by atoms with Crippen LogP contribution in [0.15, 0.2) is 0 Å². The summed E-state index contributed by atoms with van der Waals surface area (Å²) in [6.07, 6.45) is 4.04. The molecule has 0 spiro atoms. The highest BCUT2D eigenvalue weighted by Gasteiger charge is 2.42. The molecule has 1 rings (SSSR count). The molecule has 0 radical (unpaired) electrons. The molecule has 0 aromatic heterocycles. The highest BCUT2D eigenvalue weighted by molar-refractivity contribution is 5.69. The molecule has 1 aliphatic rings. The first-order chi connectivity index (χ1) is 8.17. The first kappa shape index (κ1) is 15.3. The number of likely N-dealkylation sites (tertiary alicyclic amines) is 1. The molecule has 1 saturated heterocycles. The van der Waals surface area contributed by atoms with Gasteiger partial charge in [0, 0.05) is 6.04 Å². The molecule has 0 saturated carbocycles. The van der Waals surface area contributed by atoms with Crippen molar-refractivity contribution in [2.75, 3.05) is 0 Å². The van der Waals surface area contributed by atoms with Gasteiger partial charge in [0.15, 0.2) is 0 Å². The fraction of sp³-hybridized carbons (Fsp3) is 0.929. The number of carbonyl (C=O) groups is 1. The number of hydrogen-bond donors (Lipinski definition) is 1. The summed E-state index contributed by atoms with van der Waals surface area (Å²) >= 11 is 0. The number of piperidine rings is 1. The van der Waals surface area contributed by atoms with Gasteiger partial charge in [-0.25, -0.2) is 4.79 Å². The molecule has 1 amide bonds. The Kier molecular flexibility index (Phi) is 4.65. The van der Waals surface area contributed by atoms with E-state index in [4.69, 9.17) is 4.74 Å². The van der Waals surface area contributed by atoms with Crippen LogP contribution in [0.5, 0.6) is 0 Å². The van der Waals surface area contributed by atoms with Gasteiger partial charge in [0.25, 0.3) is 0 Å². The smallest absolute Gasteiger partial charge is 0.412 e. The minimum absolute atomic E-state index is 0.0913. The molecule has 4 heteroatoms. The molecule has 0 aromatic carbocycles. The number of hydrogen-bond acceptors (Lipinski definition) is 3. The Morgan fingerprint density at radius 3 is 2.61 bits per heavy atom. The summed E-state index contributed by atoms with van der Waals surface area (Å²) in [6, 6.07) is 0.0913. The topological polar surface area (TPSA) is 49.8 Å². The zero-order chi connectivity index (χ0) is 14.0. The van der Waals surface area contributed by atoms with Crippen molar-refractivity contribution >= 4 is 6.09 Å². The van der Waals surface area contributed by atoms with Crippen LogP contribution in [0.3, 0.4) is 0 Å². The van der Waals surface area contributed by atoms with Crippen molar-refractivity contribution in [1.82, 2.24) is 4.90 Å². The molecule has 0 aromatic rings. The lowest BCUT2D eigenvalue weighted by Crippen LogP contribution is -2.58. The van der Waals surface area contributed by atoms with Crippen LogP contribution < -0.4 is 0 Å². The summed E-state index contributed by atoms with van der Waals surface area (Å²) in [6.45, 7) is 9.34. The number of ether oxygens (including phenoxy) is 1. The number of amides is 1. The zero-order valence-corrected chi connectivity index (χ0v) is 12.3. The lowest BCUT2D eigenvalue weighted by atomic mass is 9.91. The van der Waals surface area contributed by atoms with Crippen LogP contribution in [0.25, 0.3) is 0 Å². The Hall–Kier alpha value is -0.770. The monoisotopic (exact) mass is 257 g/mol. The third-order valence-corrected chi connectivity index (χ3v) is 3.28. The predicted octanol–water partition coefficient (Wildman–Crippen LogP) is 3.28. The van der Waals surface area contributed by atoms with Gasteiger partial charge in [-0.05, 0) is 53.4 Å². The van der Waals surface area contributed by atoms with E-state index in [9.17, 15) is 9.90 Å². The van der Waals surface area contributed by atoms with Crippen LogP contribution in [0, 0.1) is 0 Å². The molecule has 1 N–H and O–H groups in total. The molecule has 0 aliphatic carbocycles. The van der Waals surface area contributed by atoms with E-state index < -0.39 is 17.4 Å². The third kappa shape index (κ3) is 3.87. The largest absolute Gasteiger partial charge is 0.444 e. The minimum Gasteiger partial charge on any atom is -0.444 e. The first-order valence-corrected chi connectivity index (χ1v) is 6.92. The Morgan fingerprint density at radius 1 is 1.50 bits per heavy atom. The van der Waals surface area contributed by atoms with Crippen molar-refractivity contribution in [3.63, 3.8) is 0 Å². The molecule has 1 fully saturated rings. The lowest BCUT2D eigenvalue weighted by Gasteiger charge is -2.46. The Labute approximate surface area is 110 Å². The second kappa shape index (κ2) is 5.47. The van der Waals surface area contributed by atoms with E-state index in [2.05, 4.69) is 6.92 Å². The van der Waals surface area contributed by atoms with Gasteiger partial charge in [-0.15, -0.1) is 0 Å². The van der Waals surface area contributed by atoms with E-state index in [1.54, 1.807) is 11.8 Å². The Balaban J connectivity index is 2.85. The van der Waals surface area contributed by atoms with Gasteiger partial charge in [-0.3, -0.25) is 4.90 Å². The van der Waals surface area contributed by atoms with Crippen molar-refractivity contribution in [3.05, 3.63) is 0 Å². The van der Waals surface area contributed by atoms with E-state index in [0.29, 0.717) is 6.42 Å². The van der Waals surface area contributed by atoms with Gasteiger partial charge in [-0.1, -0.05) is 13.3 Å². The van der Waals surface area contributed by atoms with Crippen molar-refractivity contribution < 1.29 is 14.6 Å². The molecule has 18 heavy (non-hydrogen) atoms. The van der Waals surface area contributed by atoms with E-state index in [1.165, 1.54) is 0 Å². The van der Waals surface area contributed by atoms with Crippen LogP contribution >= 0.6 is 0 Å². The third-order valence-electron chi connectivity index (χ3n) is 3.28. The van der Waals surface area contributed by atoms with Crippen molar-refractivity contribution in [1.29, 1.82) is 0 Å². The van der Waals surface area contributed by atoms with Gasteiger partial charge in [-0.2, -0.15) is 0 Å². The molecule has 0 bridgehead atoms. The number of carbonyl (C=O) groups excluding carboxylic acids is 1. The molecule has 1 heterocycles. The number of rotatable bonds is 2. The van der Waals surface area contributed by atoms with Crippen molar-refractivity contribution in [3.8, 4) is 0 Å². The average Bonchev–Trinajstić information content (AvgIpc) is 2.13. The van der Waals surface area contributed by atoms with E-state index in [-0.39, 0.29) is 6.04 Å². The van der Waals surface area contributed by atoms with Crippen LogP contribution in [-0.2, 0) is 4.74 Å². The molecular formula is C14H27NO3. The second-order valence-electron chi connectivity index (χ2n) is 6.40. The van der Waals surface area contributed by atoms with Crippen molar-refractivity contribution in [2.45, 2.75) is 84.1 Å². The summed E-state index contributed by atoms with van der Waals surface area (Å²) in [7, 11) is 0. The average molecular weight is 257 g/mol. The maximum Gasteiger partial charge on any atom is 0.412 e. The summed E-state index contributed by atoms with van der Waals surface area (Å²) in [4.78, 5) is 13.8. The molecule has 4 nitrogen and oxygen atoms in total. The van der Waals surface area contributed by atoms with Gasteiger partial charge in [0.05, 0.1) is 0 Å². The molecule has 106 valence electrons. The van der Waals surface area contributed by atoms with E-state index >= 15 is 0 Å². The summed E-state index contributed by atoms with van der Waals surface area (Å²) in [5.74, 6) is 0. The molecular weight excluding hydrogens is 230 g/mol. The fourth-order valence-corrected chi connectivity index (χ4v) is 2.58. The first-order valence-electron chi connectivity index (χ1n) is 6.92. The van der Waals surface area contributed by atoms with E-state index in [0.717, 1.165) is 25.7 Å². The minimum atomic E-state index is -1.08. The van der Waals surface area contributed by atoms with Gasteiger partial charge in [0.1, 0.15) is 11.3 Å². The molecule has 2 atom stereocenters. The highest BCUT2D eigenvalue weighted by Crippen LogP contribution is 2.33. The molecule has 2 unspecified atom stereocenters. The highest BCUT2D eigenvalue weighted by atomic mass is 16.6. The quantitative estimate of drug-likeness (QED) is 0.826. The van der Waals surface area contributed by atoms with Crippen LogP contribution in [0.2, 0.25) is 0 Å². The fourth-order valence-electron chi connectivity index (χ4n) is 2.58. The van der Waals surface area contributed by atoms with Crippen LogP contribution in [0.4, 0.5) is 4.79 Å². The van der Waals surface area contributed by atoms with Crippen LogP contribution in [-0.4, -0.2) is 33.5 Å². The van der Waals surface area contributed by atoms with Crippen LogP contribution in [0.1, 0.15) is 66.7 Å². The van der Waals surface area contributed by atoms with E-state index in [1.807, 2.05) is 20.8 Å². The standard InChI is InChI=1S/C14H27NO3/c1-6-8-11-9-7-10-14(5,17)15(11)12(16)18-13(2,3)4/h11,17H,6-10H2,1-5H3. The van der Waals surface area contributed by atoms with Gasteiger partial charge in [0.2, 0.25) is 0 Å². The Morgan fingerprint density at radius 2 is 2.11 bits per heavy atom. The summed E-state index contributed by atoms with van der Waals surface area (Å²) < 4.78 is 5.42.